The van der Waals surface area contributed by atoms with E-state index in [-0.39, 0.29) is 9.84 Å². The summed E-state index contributed by atoms with van der Waals surface area (Å²) in [5.74, 6) is 0. The van der Waals surface area contributed by atoms with Gasteiger partial charge in [0.2, 0.25) is 0 Å². The highest BCUT2D eigenvalue weighted by atomic mass is 28.2. The van der Waals surface area contributed by atoms with Gasteiger partial charge in [-0.2, -0.15) is 0 Å². The molecule has 1 heterocycles. The number of hydrogen-bond donors (Lipinski definition) is 0. The van der Waals surface area contributed by atoms with E-state index in [1.165, 1.54) is 10.6 Å². The maximum atomic E-state index is 2.58. The van der Waals surface area contributed by atoms with Crippen molar-refractivity contribution in [1.29, 1.82) is 0 Å². The molecule has 2 nitrogen and oxygen atoms in total. The van der Waals surface area contributed by atoms with Gasteiger partial charge in [0.05, 0.1) is 20.1 Å². The fourth-order valence-corrected chi connectivity index (χ4v) is 3.82. The smallest absolute Gasteiger partial charge is 0.337 e. The third-order valence-electron chi connectivity index (χ3n) is 3.22. The Kier molecular flexibility index (Phi) is 2.42. The van der Waals surface area contributed by atoms with Gasteiger partial charge >= 0.3 is 9.84 Å². The maximum Gasteiger partial charge on any atom is 0.337 e. The van der Waals surface area contributed by atoms with Crippen molar-refractivity contribution in [1.82, 2.24) is 4.57 Å². The largest absolute Gasteiger partial charge is 0.378 e. The van der Waals surface area contributed by atoms with Crippen LogP contribution in [0.3, 0.4) is 0 Å². The zero-order chi connectivity index (χ0) is 8.65. The summed E-state index contributed by atoms with van der Waals surface area (Å²) in [4.78, 5) is 0. The molecule has 3 heteroatoms. The average molecular weight is 173 g/mol. The predicted molar refractivity (Wildman–Crippen MR) is 52.0 cm³/mol. The molecule has 0 radical (unpaired) electrons. The first kappa shape index (κ1) is 9.23. The second-order valence-electron chi connectivity index (χ2n) is 4.61. The maximum absolute atomic E-state index is 2.58. The number of nitrogens with zero attached hydrogens (tertiary/aromatic N) is 2. The summed E-state index contributed by atoms with van der Waals surface area (Å²) in [6.07, 6.45) is 1.36. The Morgan fingerprint density at radius 3 is 2.36 bits per heavy atom. The summed E-state index contributed by atoms with van der Waals surface area (Å²) < 4.78 is 3.86. The van der Waals surface area contributed by atoms with Gasteiger partial charge in [0.15, 0.2) is 0 Å². The minimum Gasteiger partial charge on any atom is -0.378 e. The SMILES string of the molecule is CC1CC(C)[N+](C)(C)[SiH2]N1C. The molecule has 2 atom stereocenters. The molecule has 0 bridgehead atoms. The highest BCUT2D eigenvalue weighted by Gasteiger charge is 2.34. The summed E-state index contributed by atoms with van der Waals surface area (Å²) >= 11 is 0. The molecular formula is C8H21N2Si+. The second-order valence-corrected chi connectivity index (χ2v) is 7.52. The van der Waals surface area contributed by atoms with Gasteiger partial charge in [0, 0.05) is 12.5 Å². The predicted octanol–water partition coefficient (Wildman–Crippen LogP) is 0.174. The molecule has 1 saturated heterocycles. The van der Waals surface area contributed by atoms with Crippen molar-refractivity contribution in [2.45, 2.75) is 32.4 Å². The zero-order valence-corrected chi connectivity index (χ0v) is 9.88. The molecule has 0 aromatic heterocycles. The first-order chi connectivity index (χ1) is 4.93. The Morgan fingerprint density at radius 1 is 1.36 bits per heavy atom. The van der Waals surface area contributed by atoms with Crippen LogP contribution in [0, 0.1) is 0 Å². The summed E-state index contributed by atoms with van der Waals surface area (Å²) in [5.41, 5.74) is 0. The van der Waals surface area contributed by atoms with Gasteiger partial charge in [-0.1, -0.05) is 0 Å². The van der Waals surface area contributed by atoms with Crippen LogP contribution in [0.25, 0.3) is 0 Å². The van der Waals surface area contributed by atoms with Crippen molar-refractivity contribution >= 4 is 9.84 Å². The highest BCUT2D eigenvalue weighted by molar-refractivity contribution is 6.22. The van der Waals surface area contributed by atoms with Crippen LogP contribution in [0.4, 0.5) is 0 Å². The second kappa shape index (κ2) is 2.88. The Bertz CT molecular complexity index is 147. The van der Waals surface area contributed by atoms with E-state index in [4.69, 9.17) is 0 Å². The van der Waals surface area contributed by atoms with Gasteiger partial charge in [0.1, 0.15) is 0 Å². The Morgan fingerprint density at radius 2 is 1.91 bits per heavy atom. The molecule has 2 unspecified atom stereocenters. The van der Waals surface area contributed by atoms with E-state index in [2.05, 4.69) is 39.6 Å². The third kappa shape index (κ3) is 1.83. The van der Waals surface area contributed by atoms with Crippen molar-refractivity contribution in [3.8, 4) is 0 Å². The molecule has 0 amide bonds. The monoisotopic (exact) mass is 173 g/mol. The van der Waals surface area contributed by atoms with E-state index in [1.54, 1.807) is 0 Å². The van der Waals surface area contributed by atoms with Crippen LogP contribution < -0.4 is 0 Å². The Balaban J connectivity index is 2.63. The molecule has 1 rings (SSSR count). The Labute approximate surface area is 72.8 Å². The minimum absolute atomic E-state index is 0.0633. The number of rotatable bonds is 0. The van der Waals surface area contributed by atoms with Crippen LogP contribution >= 0.6 is 0 Å². The van der Waals surface area contributed by atoms with Crippen LogP contribution in [0.15, 0.2) is 0 Å². The summed E-state index contributed by atoms with van der Waals surface area (Å²) in [5, 5.41) is 0. The van der Waals surface area contributed by atoms with Crippen LogP contribution in [0.2, 0.25) is 0 Å². The first-order valence-corrected chi connectivity index (χ1v) is 5.73. The molecule has 1 fully saturated rings. The highest BCUT2D eigenvalue weighted by Crippen LogP contribution is 2.19. The molecule has 0 spiro atoms. The van der Waals surface area contributed by atoms with Crippen LogP contribution in [0.1, 0.15) is 20.3 Å². The molecule has 0 aliphatic carbocycles. The van der Waals surface area contributed by atoms with E-state index in [0.29, 0.717) is 0 Å². The van der Waals surface area contributed by atoms with Crippen molar-refractivity contribution in [3.63, 3.8) is 0 Å². The molecule has 0 N–H and O–H groups in total. The van der Waals surface area contributed by atoms with Crippen molar-refractivity contribution in [2.24, 2.45) is 0 Å². The van der Waals surface area contributed by atoms with Crippen molar-refractivity contribution < 1.29 is 4.15 Å². The van der Waals surface area contributed by atoms with E-state index in [9.17, 15) is 0 Å². The topological polar surface area (TPSA) is 3.24 Å². The fourth-order valence-electron chi connectivity index (χ4n) is 1.81. The van der Waals surface area contributed by atoms with Gasteiger partial charge < -0.3 is 4.15 Å². The average Bonchev–Trinajstić information content (AvgIpc) is 1.83. The van der Waals surface area contributed by atoms with Gasteiger partial charge in [-0.05, 0) is 20.9 Å². The lowest BCUT2D eigenvalue weighted by atomic mass is 10.1. The number of hydrogen-bond acceptors (Lipinski definition) is 1. The quantitative estimate of drug-likeness (QED) is 0.472. The summed E-state index contributed by atoms with van der Waals surface area (Å²) in [7, 11) is 6.97. The minimum atomic E-state index is -0.0633. The molecule has 1 aliphatic rings. The molecule has 1 aliphatic heterocycles. The van der Waals surface area contributed by atoms with Gasteiger partial charge in [-0.15, -0.1) is 0 Å². The van der Waals surface area contributed by atoms with Crippen molar-refractivity contribution in [2.75, 3.05) is 21.1 Å². The third-order valence-corrected chi connectivity index (χ3v) is 5.64. The van der Waals surface area contributed by atoms with E-state index < -0.39 is 0 Å². The molecule has 0 saturated carbocycles. The zero-order valence-electron chi connectivity index (χ0n) is 8.46. The molecule has 11 heavy (non-hydrogen) atoms. The molecule has 0 aromatic rings. The molecule has 66 valence electrons. The van der Waals surface area contributed by atoms with Crippen LogP contribution in [-0.4, -0.2) is 51.8 Å². The van der Waals surface area contributed by atoms with E-state index in [0.717, 1.165) is 12.1 Å². The molecular weight excluding hydrogens is 152 g/mol. The first-order valence-electron chi connectivity index (χ1n) is 4.46. The van der Waals surface area contributed by atoms with Gasteiger partial charge in [-0.3, -0.25) is 4.57 Å². The summed E-state index contributed by atoms with van der Waals surface area (Å²) in [6, 6.07) is 1.69. The van der Waals surface area contributed by atoms with Gasteiger partial charge in [0.25, 0.3) is 0 Å². The lowest BCUT2D eigenvalue weighted by Crippen LogP contribution is -2.62. The lowest BCUT2D eigenvalue weighted by Gasteiger charge is -2.47. The Hall–Kier alpha value is 0.137. The van der Waals surface area contributed by atoms with Crippen molar-refractivity contribution in [3.05, 3.63) is 0 Å². The summed E-state index contributed by atoms with van der Waals surface area (Å²) in [6.45, 7) is 4.74. The normalized spacial score (nSPS) is 41.2. The van der Waals surface area contributed by atoms with Gasteiger partial charge in [-0.25, -0.2) is 0 Å². The molecule has 0 aromatic carbocycles. The van der Waals surface area contributed by atoms with E-state index >= 15 is 0 Å². The number of quaternary nitrogens is 1. The van der Waals surface area contributed by atoms with Crippen LogP contribution in [0.5, 0.6) is 0 Å². The van der Waals surface area contributed by atoms with E-state index in [1.807, 2.05) is 0 Å². The standard InChI is InChI=1S/C8H21N2Si/c1-7-6-8(2)10(4,5)11-9(7)3/h7-8H,6,11H2,1-5H3/q+1. The fraction of sp³-hybridized carbons (Fsp3) is 1.00. The van der Waals surface area contributed by atoms with Crippen LogP contribution in [-0.2, 0) is 0 Å². The lowest BCUT2D eigenvalue weighted by molar-refractivity contribution is -0.814.